The fourth-order valence-electron chi connectivity index (χ4n) is 1.68. The maximum Gasteiger partial charge on any atom is 0.228 e. The van der Waals surface area contributed by atoms with Crippen LogP contribution in [0.3, 0.4) is 0 Å². The van der Waals surface area contributed by atoms with Gasteiger partial charge in [-0.1, -0.05) is 29.8 Å². The minimum absolute atomic E-state index is 0.149. The summed E-state index contributed by atoms with van der Waals surface area (Å²) >= 11 is 6.00. The Morgan fingerprint density at radius 2 is 2.05 bits per heavy atom. The number of benzene rings is 1. The molecule has 0 atom stereocenters. The molecule has 0 unspecified atom stereocenters. The molecule has 19 heavy (non-hydrogen) atoms. The average molecular weight is 277 g/mol. The van der Waals surface area contributed by atoms with Crippen LogP contribution in [0.2, 0.25) is 5.02 Å². The van der Waals surface area contributed by atoms with Gasteiger partial charge in [0.15, 0.2) is 0 Å². The number of hydrogen-bond acceptors (Lipinski definition) is 3. The highest BCUT2D eigenvalue weighted by molar-refractivity contribution is 6.31. The first-order valence-corrected chi connectivity index (χ1v) is 6.15. The van der Waals surface area contributed by atoms with Crippen molar-refractivity contribution in [1.82, 2.24) is 4.98 Å². The first-order valence-electron chi connectivity index (χ1n) is 5.77. The zero-order valence-electron chi connectivity index (χ0n) is 10.1. The second-order valence-electron chi connectivity index (χ2n) is 4.01. The number of aromatic nitrogens is 1. The maximum atomic E-state index is 11.9. The van der Waals surface area contributed by atoms with E-state index < -0.39 is 0 Å². The molecule has 2 aromatic rings. The summed E-state index contributed by atoms with van der Waals surface area (Å²) < 4.78 is 0. The fourth-order valence-corrected chi connectivity index (χ4v) is 1.89. The van der Waals surface area contributed by atoms with Crippen LogP contribution < -0.4 is 5.32 Å². The molecule has 0 saturated heterocycles. The van der Waals surface area contributed by atoms with Gasteiger partial charge in [-0.2, -0.15) is 0 Å². The van der Waals surface area contributed by atoms with Crippen LogP contribution in [0, 0.1) is 0 Å². The van der Waals surface area contributed by atoms with Gasteiger partial charge in [-0.3, -0.25) is 9.78 Å². The first kappa shape index (κ1) is 13.5. The highest BCUT2D eigenvalue weighted by Crippen LogP contribution is 2.17. The molecule has 5 heteroatoms. The standard InChI is InChI=1S/C14H13ClN2O2/c15-12-4-2-1-3-10(12)7-14(19)17-13-8-16-6-5-11(13)9-18/h1-6,8,18H,7,9H2,(H,17,19). The zero-order valence-corrected chi connectivity index (χ0v) is 10.9. The molecule has 1 heterocycles. The third kappa shape index (κ3) is 3.53. The number of aliphatic hydroxyl groups excluding tert-OH is 1. The average Bonchev–Trinajstić information content (AvgIpc) is 2.42. The van der Waals surface area contributed by atoms with Gasteiger partial charge >= 0.3 is 0 Å². The van der Waals surface area contributed by atoms with Crippen molar-refractivity contribution in [3.05, 3.63) is 58.9 Å². The van der Waals surface area contributed by atoms with Gasteiger partial charge in [0.05, 0.1) is 24.9 Å². The third-order valence-electron chi connectivity index (χ3n) is 2.66. The lowest BCUT2D eigenvalue weighted by Gasteiger charge is -2.09. The van der Waals surface area contributed by atoms with Crippen molar-refractivity contribution in [2.24, 2.45) is 0 Å². The number of nitrogens with zero attached hydrogens (tertiary/aromatic N) is 1. The van der Waals surface area contributed by atoms with Crippen LogP contribution in [0.5, 0.6) is 0 Å². The lowest BCUT2D eigenvalue weighted by molar-refractivity contribution is -0.115. The van der Waals surface area contributed by atoms with E-state index in [4.69, 9.17) is 16.7 Å². The third-order valence-corrected chi connectivity index (χ3v) is 3.03. The smallest absolute Gasteiger partial charge is 0.228 e. The van der Waals surface area contributed by atoms with E-state index in [2.05, 4.69) is 10.3 Å². The number of nitrogens with one attached hydrogen (secondary N) is 1. The number of carbonyl (C=O) groups is 1. The minimum atomic E-state index is -0.198. The molecular formula is C14H13ClN2O2. The van der Waals surface area contributed by atoms with Crippen molar-refractivity contribution in [1.29, 1.82) is 0 Å². The maximum absolute atomic E-state index is 11.9. The monoisotopic (exact) mass is 276 g/mol. The van der Waals surface area contributed by atoms with E-state index in [1.165, 1.54) is 6.20 Å². The van der Waals surface area contributed by atoms with Crippen molar-refractivity contribution < 1.29 is 9.90 Å². The molecule has 98 valence electrons. The number of carbonyl (C=O) groups excluding carboxylic acids is 1. The van der Waals surface area contributed by atoms with Gasteiger partial charge in [-0.15, -0.1) is 0 Å². The molecule has 1 amide bonds. The Balaban J connectivity index is 2.08. The topological polar surface area (TPSA) is 62.2 Å². The van der Waals surface area contributed by atoms with Gasteiger partial charge in [0.2, 0.25) is 5.91 Å². The lowest BCUT2D eigenvalue weighted by Crippen LogP contribution is -2.16. The molecule has 0 fully saturated rings. The van der Waals surface area contributed by atoms with Crippen LogP contribution in [0.25, 0.3) is 0 Å². The van der Waals surface area contributed by atoms with E-state index in [0.717, 1.165) is 5.56 Å². The molecule has 0 saturated carbocycles. The molecule has 1 aromatic carbocycles. The van der Waals surface area contributed by atoms with Crippen LogP contribution in [-0.4, -0.2) is 16.0 Å². The number of anilines is 1. The highest BCUT2D eigenvalue weighted by atomic mass is 35.5. The first-order chi connectivity index (χ1) is 9.20. The normalized spacial score (nSPS) is 10.2. The molecule has 1 aromatic heterocycles. The molecule has 0 bridgehead atoms. The van der Waals surface area contributed by atoms with Gasteiger partial charge in [0, 0.05) is 16.8 Å². The Labute approximate surface area is 116 Å². The summed E-state index contributed by atoms with van der Waals surface area (Å²) in [5.41, 5.74) is 1.90. The molecule has 4 nitrogen and oxygen atoms in total. The van der Waals surface area contributed by atoms with Crippen LogP contribution in [0.4, 0.5) is 5.69 Å². The number of aliphatic hydroxyl groups is 1. The van der Waals surface area contributed by atoms with E-state index in [1.807, 2.05) is 12.1 Å². The molecule has 2 N–H and O–H groups in total. The predicted octanol–water partition coefficient (Wildman–Crippen LogP) is 2.41. The quantitative estimate of drug-likeness (QED) is 0.901. The van der Waals surface area contributed by atoms with Gasteiger partial charge in [0.25, 0.3) is 0 Å². The van der Waals surface area contributed by atoms with Crippen LogP contribution in [-0.2, 0) is 17.8 Å². The summed E-state index contributed by atoms with van der Waals surface area (Å²) in [4.78, 5) is 15.8. The number of hydrogen-bond donors (Lipinski definition) is 2. The van der Waals surface area contributed by atoms with E-state index in [9.17, 15) is 4.79 Å². The summed E-state index contributed by atoms with van der Waals surface area (Å²) in [6.07, 6.45) is 3.25. The Bertz CT molecular complexity index is 587. The Morgan fingerprint density at radius 1 is 1.26 bits per heavy atom. The molecular weight excluding hydrogens is 264 g/mol. The number of pyridine rings is 1. The van der Waals surface area contributed by atoms with Crippen molar-refractivity contribution in [2.75, 3.05) is 5.32 Å². The summed E-state index contributed by atoms with van der Waals surface area (Å²) in [5.74, 6) is -0.198. The van der Waals surface area contributed by atoms with Gasteiger partial charge in [-0.05, 0) is 17.7 Å². The fraction of sp³-hybridized carbons (Fsp3) is 0.143. The van der Waals surface area contributed by atoms with Crippen LogP contribution in [0.15, 0.2) is 42.7 Å². The van der Waals surface area contributed by atoms with E-state index >= 15 is 0 Å². The molecule has 0 aliphatic carbocycles. The SMILES string of the molecule is O=C(Cc1ccccc1Cl)Nc1cnccc1CO. The molecule has 0 aliphatic rings. The highest BCUT2D eigenvalue weighted by Gasteiger charge is 2.09. The van der Waals surface area contributed by atoms with Crippen LogP contribution >= 0.6 is 11.6 Å². The van der Waals surface area contributed by atoms with E-state index in [0.29, 0.717) is 16.3 Å². The molecule has 0 spiro atoms. The van der Waals surface area contributed by atoms with Crippen molar-refractivity contribution in [3.63, 3.8) is 0 Å². The van der Waals surface area contributed by atoms with Gasteiger partial charge < -0.3 is 10.4 Å². The van der Waals surface area contributed by atoms with Crippen molar-refractivity contribution in [2.45, 2.75) is 13.0 Å². The second-order valence-corrected chi connectivity index (χ2v) is 4.41. The molecule has 2 rings (SSSR count). The summed E-state index contributed by atoms with van der Waals surface area (Å²) in [5, 5.41) is 12.4. The van der Waals surface area contributed by atoms with Gasteiger partial charge in [0.1, 0.15) is 0 Å². The van der Waals surface area contributed by atoms with Crippen LogP contribution in [0.1, 0.15) is 11.1 Å². The van der Waals surface area contributed by atoms with Crippen molar-refractivity contribution >= 4 is 23.2 Å². The van der Waals surface area contributed by atoms with E-state index in [1.54, 1.807) is 24.4 Å². The largest absolute Gasteiger partial charge is 0.392 e. The molecule has 0 radical (unpaired) electrons. The molecule has 0 aliphatic heterocycles. The Kier molecular flexibility index (Phi) is 4.49. The number of rotatable bonds is 4. The number of halogens is 1. The number of amides is 1. The van der Waals surface area contributed by atoms with E-state index in [-0.39, 0.29) is 18.9 Å². The Morgan fingerprint density at radius 3 is 2.79 bits per heavy atom. The van der Waals surface area contributed by atoms with Gasteiger partial charge in [-0.25, -0.2) is 0 Å². The van der Waals surface area contributed by atoms with Crippen molar-refractivity contribution in [3.8, 4) is 0 Å². The zero-order chi connectivity index (χ0) is 13.7. The summed E-state index contributed by atoms with van der Waals surface area (Å²) in [7, 11) is 0. The lowest BCUT2D eigenvalue weighted by atomic mass is 10.1. The Hall–Kier alpha value is -1.91. The summed E-state index contributed by atoms with van der Waals surface area (Å²) in [6, 6.07) is 8.85. The second kappa shape index (κ2) is 6.31. The minimum Gasteiger partial charge on any atom is -0.392 e. The summed E-state index contributed by atoms with van der Waals surface area (Å²) in [6.45, 7) is -0.149. The predicted molar refractivity (Wildman–Crippen MR) is 73.9 cm³/mol.